The second-order valence-electron chi connectivity index (χ2n) is 6.53. The van der Waals surface area contributed by atoms with Gasteiger partial charge in [0, 0.05) is 0 Å². The predicted octanol–water partition coefficient (Wildman–Crippen LogP) is 7.00. The van der Waals surface area contributed by atoms with Crippen molar-refractivity contribution >= 4 is 0 Å². The zero-order valence-electron chi connectivity index (χ0n) is 13.8. The Bertz CT molecular complexity index is 543. The zero-order chi connectivity index (χ0) is 17.7. The number of rotatable bonds is 5. The first kappa shape index (κ1) is 18.9. The summed E-state index contributed by atoms with van der Waals surface area (Å²) in [5.74, 6) is -2.49. The molecular weight excluding hydrogens is 323 g/mol. The normalized spacial score (nSPS) is 22.2. The summed E-state index contributed by atoms with van der Waals surface area (Å²) in [7, 11) is 0. The van der Waals surface area contributed by atoms with Gasteiger partial charge in [0.25, 0.3) is 0 Å². The molecule has 0 aliphatic heterocycles. The third kappa shape index (κ3) is 4.81. The molecule has 134 valence electrons. The summed E-state index contributed by atoms with van der Waals surface area (Å²) >= 11 is 0. The summed E-state index contributed by atoms with van der Waals surface area (Å²) in [5.41, 5.74) is -1.44. The molecule has 0 N–H and O–H groups in total. The Kier molecular flexibility index (Phi) is 6.41. The highest BCUT2D eigenvalue weighted by Crippen LogP contribution is 2.40. The van der Waals surface area contributed by atoms with E-state index in [9.17, 15) is 22.0 Å². The van der Waals surface area contributed by atoms with Gasteiger partial charge in [-0.25, -0.2) is 8.78 Å². The van der Waals surface area contributed by atoms with Crippen LogP contribution >= 0.6 is 0 Å². The number of allylic oxidation sites excluding steroid dienone is 2. The minimum atomic E-state index is -5.00. The van der Waals surface area contributed by atoms with E-state index in [1.165, 1.54) is 0 Å². The first-order chi connectivity index (χ1) is 11.3. The molecule has 0 bridgehead atoms. The molecule has 2 rings (SSSR count). The van der Waals surface area contributed by atoms with Gasteiger partial charge in [-0.3, -0.25) is 0 Å². The first-order valence-electron chi connectivity index (χ1n) is 8.54. The smallest absolute Gasteiger partial charge is 0.206 e. The molecule has 0 amide bonds. The van der Waals surface area contributed by atoms with Gasteiger partial charge in [-0.2, -0.15) is 13.2 Å². The van der Waals surface area contributed by atoms with E-state index in [0.717, 1.165) is 57.1 Å². The molecule has 0 unspecified atom stereocenters. The lowest BCUT2D eigenvalue weighted by atomic mass is 9.77. The Hall–Kier alpha value is -1.39. The van der Waals surface area contributed by atoms with E-state index >= 15 is 0 Å². The van der Waals surface area contributed by atoms with E-state index in [0.29, 0.717) is 11.5 Å². The second kappa shape index (κ2) is 8.13. The monoisotopic (exact) mass is 346 g/mol. The van der Waals surface area contributed by atoms with Gasteiger partial charge in [-0.15, -0.1) is 0 Å². The highest BCUT2D eigenvalue weighted by molar-refractivity contribution is 5.30. The van der Waals surface area contributed by atoms with Crippen molar-refractivity contribution in [1.82, 2.24) is 0 Å². The van der Waals surface area contributed by atoms with Crippen LogP contribution in [0.3, 0.4) is 0 Å². The van der Waals surface area contributed by atoms with Gasteiger partial charge >= 0.3 is 6.18 Å². The van der Waals surface area contributed by atoms with Crippen LogP contribution in [-0.4, -0.2) is 0 Å². The Morgan fingerprint density at radius 1 is 1.00 bits per heavy atom. The third-order valence-electron chi connectivity index (χ3n) is 4.81. The lowest BCUT2D eigenvalue weighted by Gasteiger charge is -2.29. The van der Waals surface area contributed by atoms with E-state index in [1.54, 1.807) is 0 Å². The summed E-state index contributed by atoms with van der Waals surface area (Å²) in [6, 6.07) is 1.72. The van der Waals surface area contributed by atoms with Crippen molar-refractivity contribution in [3.63, 3.8) is 0 Å². The molecule has 0 heterocycles. The molecular formula is C19H23F5. The van der Waals surface area contributed by atoms with Crippen molar-refractivity contribution in [2.24, 2.45) is 5.92 Å². The topological polar surface area (TPSA) is 0 Å². The highest BCUT2D eigenvalue weighted by atomic mass is 19.4. The van der Waals surface area contributed by atoms with Gasteiger partial charge in [-0.05, 0) is 74.5 Å². The summed E-state index contributed by atoms with van der Waals surface area (Å²) in [6.45, 7) is 2.09. The van der Waals surface area contributed by atoms with Crippen LogP contribution in [0.15, 0.2) is 24.3 Å². The molecule has 0 radical (unpaired) electrons. The van der Waals surface area contributed by atoms with E-state index in [2.05, 4.69) is 19.1 Å². The van der Waals surface area contributed by atoms with Gasteiger partial charge in [0.15, 0.2) is 0 Å². The van der Waals surface area contributed by atoms with Crippen LogP contribution in [-0.2, 0) is 6.18 Å². The van der Waals surface area contributed by atoms with Crippen molar-refractivity contribution in [3.05, 3.63) is 47.0 Å². The third-order valence-corrected chi connectivity index (χ3v) is 4.81. The Balaban J connectivity index is 1.98. The molecule has 0 aromatic heterocycles. The summed E-state index contributed by atoms with van der Waals surface area (Å²) in [4.78, 5) is 0. The van der Waals surface area contributed by atoms with Gasteiger partial charge in [0.1, 0.15) is 17.2 Å². The summed E-state index contributed by atoms with van der Waals surface area (Å²) in [5, 5.41) is 0. The molecule has 1 aliphatic carbocycles. The molecule has 0 saturated heterocycles. The fourth-order valence-electron chi connectivity index (χ4n) is 3.50. The quantitative estimate of drug-likeness (QED) is 0.397. The standard InChI is InChI=1S/C19H23F5/c1-2-3-4-5-6-13-7-9-14(10-8-13)15-11-16(20)18(17(21)12-15)19(22,23)24/h3-4,11-14H,2,5-10H2,1H3/b4-3+/t13-,14-. The lowest BCUT2D eigenvalue weighted by molar-refractivity contribution is -0.142. The molecule has 0 nitrogen and oxygen atoms in total. The van der Waals surface area contributed by atoms with E-state index < -0.39 is 23.4 Å². The molecule has 0 atom stereocenters. The molecule has 1 fully saturated rings. The van der Waals surface area contributed by atoms with Crippen LogP contribution in [0.5, 0.6) is 0 Å². The van der Waals surface area contributed by atoms with Crippen molar-refractivity contribution in [3.8, 4) is 0 Å². The van der Waals surface area contributed by atoms with E-state index in [4.69, 9.17) is 0 Å². The van der Waals surface area contributed by atoms with Crippen molar-refractivity contribution < 1.29 is 22.0 Å². The van der Waals surface area contributed by atoms with Gasteiger partial charge in [0.2, 0.25) is 0 Å². The summed E-state index contributed by atoms with van der Waals surface area (Å²) < 4.78 is 65.3. The zero-order valence-corrected chi connectivity index (χ0v) is 13.8. The predicted molar refractivity (Wildman–Crippen MR) is 84.7 cm³/mol. The minimum absolute atomic E-state index is 0.0567. The van der Waals surface area contributed by atoms with Crippen LogP contribution in [0.1, 0.15) is 68.9 Å². The SMILES string of the molecule is CC/C=C/CC[C@H]1CC[C@H](c2cc(F)c(C(F)(F)F)c(F)c2)CC1. The number of benzene rings is 1. The molecule has 0 spiro atoms. The number of alkyl halides is 3. The largest absolute Gasteiger partial charge is 0.422 e. The maximum atomic E-state index is 13.7. The van der Waals surface area contributed by atoms with Crippen LogP contribution in [0.2, 0.25) is 0 Å². The molecule has 1 aliphatic rings. The Morgan fingerprint density at radius 3 is 2.08 bits per heavy atom. The Morgan fingerprint density at radius 2 is 1.58 bits per heavy atom. The molecule has 1 aromatic rings. The number of hydrogen-bond acceptors (Lipinski definition) is 0. The fourth-order valence-corrected chi connectivity index (χ4v) is 3.50. The molecule has 5 heteroatoms. The molecule has 1 aromatic carbocycles. The van der Waals surface area contributed by atoms with Gasteiger partial charge in [0.05, 0.1) is 0 Å². The van der Waals surface area contributed by atoms with Crippen LogP contribution in [0.25, 0.3) is 0 Å². The van der Waals surface area contributed by atoms with E-state index in [-0.39, 0.29) is 5.92 Å². The average molecular weight is 346 g/mol. The number of halogens is 5. The lowest BCUT2D eigenvalue weighted by Crippen LogP contribution is -2.16. The average Bonchev–Trinajstić information content (AvgIpc) is 2.50. The van der Waals surface area contributed by atoms with Crippen LogP contribution in [0, 0.1) is 17.6 Å². The van der Waals surface area contributed by atoms with Crippen molar-refractivity contribution in [2.45, 2.75) is 64.0 Å². The highest BCUT2D eigenvalue weighted by Gasteiger charge is 2.38. The summed E-state index contributed by atoms with van der Waals surface area (Å²) in [6.07, 6.45) is 5.91. The minimum Gasteiger partial charge on any atom is -0.206 e. The van der Waals surface area contributed by atoms with Crippen molar-refractivity contribution in [1.29, 1.82) is 0 Å². The van der Waals surface area contributed by atoms with Crippen LogP contribution in [0.4, 0.5) is 22.0 Å². The van der Waals surface area contributed by atoms with E-state index in [1.807, 2.05) is 0 Å². The van der Waals surface area contributed by atoms with Crippen molar-refractivity contribution in [2.75, 3.05) is 0 Å². The Labute approximate surface area is 139 Å². The second-order valence-corrected chi connectivity index (χ2v) is 6.53. The maximum Gasteiger partial charge on any atom is 0.422 e. The molecule has 1 saturated carbocycles. The maximum absolute atomic E-state index is 13.7. The van der Waals surface area contributed by atoms with Crippen LogP contribution < -0.4 is 0 Å². The number of hydrogen-bond donors (Lipinski definition) is 0. The fraction of sp³-hybridized carbons (Fsp3) is 0.579. The van der Waals surface area contributed by atoms with Gasteiger partial charge < -0.3 is 0 Å². The first-order valence-corrected chi connectivity index (χ1v) is 8.54. The van der Waals surface area contributed by atoms with Gasteiger partial charge in [-0.1, -0.05) is 19.1 Å². The molecule has 24 heavy (non-hydrogen) atoms.